The lowest BCUT2D eigenvalue weighted by Gasteiger charge is -2.37. The highest BCUT2D eigenvalue weighted by Crippen LogP contribution is 2.21. The lowest BCUT2D eigenvalue weighted by atomic mass is 10.1. The minimum atomic E-state index is 0. The van der Waals surface area contributed by atoms with Gasteiger partial charge in [-0.25, -0.2) is 4.98 Å². The van der Waals surface area contributed by atoms with Gasteiger partial charge in [0, 0.05) is 45.7 Å². The lowest BCUT2D eigenvalue weighted by Crippen LogP contribution is -2.53. The minimum absolute atomic E-state index is 0. The van der Waals surface area contributed by atoms with Crippen molar-refractivity contribution in [2.24, 2.45) is 10.9 Å². The van der Waals surface area contributed by atoms with Crippen molar-refractivity contribution in [2.75, 3.05) is 33.4 Å². The maximum absolute atomic E-state index is 5.93. The van der Waals surface area contributed by atoms with Gasteiger partial charge in [-0.05, 0) is 18.8 Å². The van der Waals surface area contributed by atoms with Crippen LogP contribution in [0.2, 0.25) is 0 Å². The Balaban J connectivity index is 0.00000243. The van der Waals surface area contributed by atoms with E-state index in [4.69, 9.17) is 9.47 Å². The van der Waals surface area contributed by atoms with Crippen LogP contribution in [-0.2, 0) is 22.6 Å². The summed E-state index contributed by atoms with van der Waals surface area (Å²) in [5.41, 5.74) is 0. The van der Waals surface area contributed by atoms with Crippen molar-refractivity contribution in [1.29, 1.82) is 0 Å². The van der Waals surface area contributed by atoms with Crippen LogP contribution in [0.3, 0.4) is 0 Å². The van der Waals surface area contributed by atoms with E-state index in [0.717, 1.165) is 50.9 Å². The second-order valence-electron chi connectivity index (χ2n) is 7.20. The Hall–Kier alpha value is -0.870. The summed E-state index contributed by atoms with van der Waals surface area (Å²) in [5, 5.41) is 3.46. The van der Waals surface area contributed by atoms with Crippen molar-refractivity contribution in [3.63, 3.8) is 0 Å². The molecule has 2 unspecified atom stereocenters. The molecule has 0 spiro atoms. The zero-order chi connectivity index (χ0) is 17.6. The van der Waals surface area contributed by atoms with Gasteiger partial charge in [0.15, 0.2) is 5.96 Å². The van der Waals surface area contributed by atoms with Crippen LogP contribution in [-0.4, -0.2) is 66.0 Å². The first kappa shape index (κ1) is 21.4. The fourth-order valence-corrected chi connectivity index (χ4v) is 3.55. The van der Waals surface area contributed by atoms with E-state index in [1.54, 1.807) is 0 Å². The second kappa shape index (κ2) is 10.5. The Kier molecular flexibility index (Phi) is 8.62. The zero-order valence-electron chi connectivity index (χ0n) is 16.1. The van der Waals surface area contributed by atoms with Gasteiger partial charge < -0.3 is 24.3 Å². The van der Waals surface area contributed by atoms with E-state index in [1.807, 2.05) is 19.4 Å². The third-order valence-electron chi connectivity index (χ3n) is 4.75. The molecule has 3 heterocycles. The van der Waals surface area contributed by atoms with Crippen molar-refractivity contribution in [3.05, 3.63) is 18.2 Å². The van der Waals surface area contributed by atoms with Gasteiger partial charge in [-0.2, -0.15) is 0 Å². The van der Waals surface area contributed by atoms with E-state index in [0.29, 0.717) is 19.1 Å². The van der Waals surface area contributed by atoms with Crippen LogP contribution >= 0.6 is 24.0 Å². The van der Waals surface area contributed by atoms with Crippen LogP contribution in [0.5, 0.6) is 0 Å². The number of hydrogen-bond acceptors (Lipinski definition) is 4. The number of halogens is 1. The molecule has 3 rings (SSSR count). The molecule has 7 nitrogen and oxygen atoms in total. The smallest absolute Gasteiger partial charge is 0.194 e. The SMILES string of the molecule is CN=C(NCc1nccn1CC(C)C)N1CCOC(C2CCCO2)C1.I. The highest BCUT2D eigenvalue weighted by Gasteiger charge is 2.32. The van der Waals surface area contributed by atoms with Gasteiger partial charge in [0.2, 0.25) is 0 Å². The van der Waals surface area contributed by atoms with E-state index in [1.165, 1.54) is 0 Å². The van der Waals surface area contributed by atoms with Crippen LogP contribution in [0.25, 0.3) is 0 Å². The Morgan fingerprint density at radius 2 is 2.15 bits per heavy atom. The minimum Gasteiger partial charge on any atom is -0.375 e. The summed E-state index contributed by atoms with van der Waals surface area (Å²) in [4.78, 5) is 11.2. The molecule has 0 aliphatic carbocycles. The van der Waals surface area contributed by atoms with Gasteiger partial charge >= 0.3 is 0 Å². The van der Waals surface area contributed by atoms with Crippen molar-refractivity contribution < 1.29 is 9.47 Å². The molecule has 2 saturated heterocycles. The molecule has 26 heavy (non-hydrogen) atoms. The van der Waals surface area contributed by atoms with E-state index in [2.05, 4.69) is 38.6 Å². The molecule has 0 bridgehead atoms. The summed E-state index contributed by atoms with van der Waals surface area (Å²) in [5.74, 6) is 2.54. The van der Waals surface area contributed by atoms with Crippen LogP contribution in [0, 0.1) is 5.92 Å². The number of guanidine groups is 1. The van der Waals surface area contributed by atoms with Crippen molar-refractivity contribution in [2.45, 2.75) is 52.0 Å². The molecular formula is C18H32IN5O2. The molecule has 2 aliphatic heterocycles. The monoisotopic (exact) mass is 477 g/mol. The number of nitrogens with zero attached hydrogens (tertiary/aromatic N) is 4. The molecule has 1 aromatic rings. The van der Waals surface area contributed by atoms with E-state index >= 15 is 0 Å². The molecule has 1 N–H and O–H groups in total. The normalized spacial score (nSPS) is 24.0. The summed E-state index contributed by atoms with van der Waals surface area (Å²) in [6, 6.07) is 0. The highest BCUT2D eigenvalue weighted by atomic mass is 127. The average molecular weight is 477 g/mol. The van der Waals surface area contributed by atoms with Gasteiger partial charge in [0.1, 0.15) is 11.9 Å². The van der Waals surface area contributed by atoms with Crippen molar-refractivity contribution >= 4 is 29.9 Å². The molecule has 2 aliphatic rings. The van der Waals surface area contributed by atoms with Crippen LogP contribution in [0.4, 0.5) is 0 Å². The number of imidazole rings is 1. The van der Waals surface area contributed by atoms with Gasteiger partial charge in [0.25, 0.3) is 0 Å². The summed E-state index contributed by atoms with van der Waals surface area (Å²) in [6.07, 6.45) is 6.50. The van der Waals surface area contributed by atoms with Crippen molar-refractivity contribution in [1.82, 2.24) is 19.8 Å². The maximum atomic E-state index is 5.93. The first-order chi connectivity index (χ1) is 12.2. The third-order valence-corrected chi connectivity index (χ3v) is 4.75. The van der Waals surface area contributed by atoms with E-state index in [-0.39, 0.29) is 36.2 Å². The van der Waals surface area contributed by atoms with Gasteiger partial charge in [-0.1, -0.05) is 13.8 Å². The lowest BCUT2D eigenvalue weighted by molar-refractivity contribution is -0.0817. The summed E-state index contributed by atoms with van der Waals surface area (Å²) < 4.78 is 13.9. The predicted molar refractivity (Wildman–Crippen MR) is 113 cm³/mol. The first-order valence-corrected chi connectivity index (χ1v) is 9.36. The maximum Gasteiger partial charge on any atom is 0.194 e. The molecule has 8 heteroatoms. The van der Waals surface area contributed by atoms with Crippen LogP contribution in [0.15, 0.2) is 17.4 Å². The highest BCUT2D eigenvalue weighted by molar-refractivity contribution is 14.0. The molecule has 0 saturated carbocycles. The third kappa shape index (κ3) is 5.56. The summed E-state index contributed by atoms with van der Waals surface area (Å²) in [7, 11) is 1.83. The van der Waals surface area contributed by atoms with Gasteiger partial charge in [0.05, 0.1) is 19.3 Å². The fourth-order valence-electron chi connectivity index (χ4n) is 3.55. The van der Waals surface area contributed by atoms with Gasteiger partial charge in [-0.3, -0.25) is 4.99 Å². The van der Waals surface area contributed by atoms with Gasteiger partial charge in [-0.15, -0.1) is 24.0 Å². The van der Waals surface area contributed by atoms with E-state index in [9.17, 15) is 0 Å². The Labute approximate surface area is 173 Å². The molecular weight excluding hydrogens is 445 g/mol. The van der Waals surface area contributed by atoms with Crippen LogP contribution < -0.4 is 5.32 Å². The Morgan fingerprint density at radius 3 is 2.85 bits per heavy atom. The summed E-state index contributed by atoms with van der Waals surface area (Å²) >= 11 is 0. The van der Waals surface area contributed by atoms with Crippen LogP contribution in [0.1, 0.15) is 32.5 Å². The molecule has 0 radical (unpaired) electrons. The standard InChI is InChI=1S/C18H31N5O2.HI/c1-14(2)12-22-7-6-20-17(22)11-21-18(19-3)23-8-10-25-16(13-23)15-5-4-9-24-15;/h6-7,14-16H,4-5,8-13H2,1-3H3,(H,19,21);1H. The average Bonchev–Trinajstić information content (AvgIpc) is 3.27. The number of hydrogen-bond donors (Lipinski definition) is 1. The molecule has 148 valence electrons. The topological polar surface area (TPSA) is 63.9 Å². The number of morpholine rings is 1. The number of aromatic nitrogens is 2. The summed E-state index contributed by atoms with van der Waals surface area (Å²) in [6.45, 7) is 9.34. The zero-order valence-corrected chi connectivity index (χ0v) is 18.4. The molecule has 2 atom stereocenters. The molecule has 0 amide bonds. The second-order valence-corrected chi connectivity index (χ2v) is 7.20. The quantitative estimate of drug-likeness (QED) is 0.400. The van der Waals surface area contributed by atoms with Crippen molar-refractivity contribution in [3.8, 4) is 0 Å². The predicted octanol–water partition coefficient (Wildman–Crippen LogP) is 2.11. The molecule has 2 fully saturated rings. The number of ether oxygens (including phenoxy) is 2. The number of rotatable bonds is 5. The Bertz CT molecular complexity index is 572. The first-order valence-electron chi connectivity index (χ1n) is 9.36. The molecule has 0 aromatic carbocycles. The largest absolute Gasteiger partial charge is 0.375 e. The number of nitrogens with one attached hydrogen (secondary N) is 1. The fraction of sp³-hybridized carbons (Fsp3) is 0.778. The molecule has 1 aromatic heterocycles. The van der Waals surface area contributed by atoms with E-state index < -0.39 is 0 Å². The number of aliphatic imine (C=N–C) groups is 1. The Morgan fingerprint density at radius 1 is 1.35 bits per heavy atom.